The van der Waals surface area contributed by atoms with Gasteiger partial charge in [-0.1, -0.05) is 38.5 Å². The first-order valence-electron chi connectivity index (χ1n) is 14.3. The molecule has 182 valence electrons. The van der Waals surface area contributed by atoms with Crippen LogP contribution >= 0.6 is 0 Å². The van der Waals surface area contributed by atoms with Crippen molar-refractivity contribution in [1.82, 2.24) is 5.06 Å². The van der Waals surface area contributed by atoms with Crippen LogP contribution in [0.25, 0.3) is 0 Å². The first-order valence-corrected chi connectivity index (χ1v) is 14.3. The van der Waals surface area contributed by atoms with Gasteiger partial charge in [0.1, 0.15) is 5.70 Å². The van der Waals surface area contributed by atoms with Crippen molar-refractivity contribution in [3.8, 4) is 0 Å². The molecule has 0 N–H and O–H groups in total. The fraction of sp³-hybridized carbons (Fsp3) is 0.667. The SMILES string of the molecule is O=[N+]1C(C2CCCCC2)=CC2=C(CCCC2)C1=C1C2=C(C=C(C3CCCCC3)N1[O-])CCCC2. The van der Waals surface area contributed by atoms with Gasteiger partial charge in [0.2, 0.25) is 5.70 Å². The van der Waals surface area contributed by atoms with E-state index in [0.717, 1.165) is 87.0 Å². The van der Waals surface area contributed by atoms with Crippen LogP contribution in [0.2, 0.25) is 0 Å². The highest BCUT2D eigenvalue weighted by Gasteiger charge is 2.44. The van der Waals surface area contributed by atoms with Crippen LogP contribution in [-0.2, 0) is 0 Å². The summed E-state index contributed by atoms with van der Waals surface area (Å²) in [6.45, 7) is 0. The number of nitrogens with zero attached hydrogens (tertiary/aromatic N) is 2. The summed E-state index contributed by atoms with van der Waals surface area (Å²) in [7, 11) is 0. The van der Waals surface area contributed by atoms with Gasteiger partial charge in [-0.15, -0.1) is 0 Å². The molecule has 0 radical (unpaired) electrons. The van der Waals surface area contributed by atoms with Crippen molar-refractivity contribution in [2.75, 3.05) is 0 Å². The minimum atomic E-state index is 0.342. The van der Waals surface area contributed by atoms with Gasteiger partial charge in [-0.05, 0) is 106 Å². The van der Waals surface area contributed by atoms with E-state index in [1.54, 1.807) is 0 Å². The number of hydrogen-bond acceptors (Lipinski definition) is 3. The third-order valence-electron chi connectivity index (χ3n) is 9.38. The zero-order valence-corrected chi connectivity index (χ0v) is 20.7. The lowest BCUT2D eigenvalue weighted by Gasteiger charge is -2.45. The highest BCUT2D eigenvalue weighted by Crippen LogP contribution is 2.48. The molecule has 6 rings (SSSR count). The first kappa shape index (κ1) is 22.5. The Morgan fingerprint density at radius 1 is 0.676 bits per heavy atom. The summed E-state index contributed by atoms with van der Waals surface area (Å²) in [4.78, 5) is 14.2. The van der Waals surface area contributed by atoms with E-state index in [-0.39, 0.29) is 0 Å². The van der Waals surface area contributed by atoms with Crippen LogP contribution in [0.1, 0.15) is 116 Å². The number of allylic oxidation sites excluding steroid dienone is 8. The molecule has 0 aromatic heterocycles. The first-order chi connectivity index (χ1) is 16.7. The van der Waals surface area contributed by atoms with Crippen molar-refractivity contribution >= 4 is 0 Å². The van der Waals surface area contributed by atoms with Gasteiger partial charge in [0.15, 0.2) is 0 Å². The molecular formula is C30H40N2O2. The molecule has 4 aliphatic carbocycles. The number of rotatable bonds is 2. The summed E-state index contributed by atoms with van der Waals surface area (Å²) in [6, 6.07) is 0. The molecule has 0 amide bonds. The number of nitroso groups, excluding NO2 is 1. The molecule has 0 aromatic carbocycles. The molecule has 2 aliphatic heterocycles. The van der Waals surface area contributed by atoms with Gasteiger partial charge >= 0.3 is 0 Å². The fourth-order valence-corrected chi connectivity index (χ4v) is 7.54. The zero-order valence-electron chi connectivity index (χ0n) is 20.7. The minimum absolute atomic E-state index is 0.342. The summed E-state index contributed by atoms with van der Waals surface area (Å²) in [6.07, 6.45) is 24.9. The highest BCUT2D eigenvalue weighted by atomic mass is 16.5. The second-order valence-corrected chi connectivity index (χ2v) is 11.5. The molecule has 0 unspecified atom stereocenters. The lowest BCUT2D eigenvalue weighted by atomic mass is 9.78. The maximum absolute atomic E-state index is 14.2. The van der Waals surface area contributed by atoms with Gasteiger partial charge < -0.3 is 10.3 Å². The monoisotopic (exact) mass is 460 g/mol. The van der Waals surface area contributed by atoms with Crippen molar-refractivity contribution in [1.29, 1.82) is 0 Å². The Kier molecular flexibility index (Phi) is 6.36. The third kappa shape index (κ3) is 3.96. The van der Waals surface area contributed by atoms with Crippen LogP contribution in [0.15, 0.2) is 57.2 Å². The number of hydroxylamine groups is 2. The van der Waals surface area contributed by atoms with Gasteiger partial charge in [0, 0.05) is 28.2 Å². The van der Waals surface area contributed by atoms with Crippen molar-refractivity contribution in [3.63, 3.8) is 0 Å². The average molecular weight is 461 g/mol. The Labute approximate surface area is 204 Å². The van der Waals surface area contributed by atoms with Crippen LogP contribution in [0.3, 0.4) is 0 Å². The summed E-state index contributed by atoms with van der Waals surface area (Å²) in [5.74, 6) is 0.685. The Morgan fingerprint density at radius 3 is 1.91 bits per heavy atom. The second-order valence-electron chi connectivity index (χ2n) is 11.5. The Bertz CT molecular complexity index is 1010. The number of hydrogen-bond donors (Lipinski definition) is 0. The predicted octanol–water partition coefficient (Wildman–Crippen LogP) is 8.47. The third-order valence-corrected chi connectivity index (χ3v) is 9.38. The standard InChI is InChI=1S/C30H40N2O2/c33-31-27(21-11-3-1-4-12-21)19-23-15-7-9-17-25(23)29(31)30-26-18-10-8-16-24(26)20-28(32(30)34)22-13-5-2-6-14-22/h19-22H,1-18H2. The van der Waals surface area contributed by atoms with E-state index >= 15 is 0 Å². The van der Waals surface area contributed by atoms with Crippen molar-refractivity contribution < 1.29 is 4.76 Å². The Balaban J connectivity index is 1.50. The second kappa shape index (κ2) is 9.60. The topological polar surface area (TPSA) is 46.4 Å². The van der Waals surface area contributed by atoms with Gasteiger partial charge in [-0.3, -0.25) is 0 Å². The summed E-state index contributed by atoms with van der Waals surface area (Å²) >= 11 is 0. The van der Waals surface area contributed by atoms with E-state index in [4.69, 9.17) is 0 Å². The fourth-order valence-electron chi connectivity index (χ4n) is 7.54. The summed E-state index contributed by atoms with van der Waals surface area (Å²) in [5, 5.41) is 15.5. The molecule has 4 nitrogen and oxygen atoms in total. The largest absolute Gasteiger partial charge is 0.754 e. The normalized spacial score (nSPS) is 29.7. The van der Waals surface area contributed by atoms with E-state index in [9.17, 15) is 10.1 Å². The Morgan fingerprint density at radius 2 is 1.24 bits per heavy atom. The van der Waals surface area contributed by atoms with E-state index < -0.39 is 0 Å². The van der Waals surface area contributed by atoms with Crippen LogP contribution in [-0.4, -0.2) is 9.82 Å². The molecule has 2 heterocycles. The molecule has 0 saturated heterocycles. The highest BCUT2D eigenvalue weighted by molar-refractivity contribution is 5.55. The minimum Gasteiger partial charge on any atom is -0.754 e. The van der Waals surface area contributed by atoms with Crippen molar-refractivity contribution in [2.24, 2.45) is 11.8 Å². The van der Waals surface area contributed by atoms with E-state index in [1.165, 1.54) is 83.5 Å². The molecule has 6 aliphatic rings. The molecule has 34 heavy (non-hydrogen) atoms. The quantitative estimate of drug-likeness (QED) is 0.388. The maximum atomic E-state index is 14.2. The average Bonchev–Trinajstić information content (AvgIpc) is 2.90. The smallest absolute Gasteiger partial charge is 0.289 e. The van der Waals surface area contributed by atoms with Gasteiger partial charge in [-0.25, -0.2) is 0 Å². The van der Waals surface area contributed by atoms with Gasteiger partial charge in [-0.2, -0.15) is 0 Å². The zero-order chi connectivity index (χ0) is 23.1. The van der Waals surface area contributed by atoms with Crippen molar-refractivity contribution in [2.45, 2.75) is 116 Å². The van der Waals surface area contributed by atoms with Gasteiger partial charge in [0.05, 0.1) is 4.76 Å². The molecular weight excluding hydrogens is 420 g/mol. The molecule has 4 heteroatoms. The molecule has 2 saturated carbocycles. The van der Waals surface area contributed by atoms with E-state index in [1.807, 2.05) is 0 Å². The van der Waals surface area contributed by atoms with Crippen LogP contribution in [0, 0.1) is 22.0 Å². The lowest BCUT2D eigenvalue weighted by Crippen LogP contribution is -2.33. The van der Waals surface area contributed by atoms with E-state index in [2.05, 4.69) is 12.2 Å². The maximum Gasteiger partial charge on any atom is 0.289 e. The molecule has 0 aromatic rings. The van der Waals surface area contributed by atoms with Crippen LogP contribution < -0.4 is 0 Å². The Hall–Kier alpha value is -1.94. The molecule has 0 bridgehead atoms. The lowest BCUT2D eigenvalue weighted by molar-refractivity contribution is -0.454. The molecule has 0 spiro atoms. The van der Waals surface area contributed by atoms with E-state index in [0.29, 0.717) is 11.8 Å². The summed E-state index contributed by atoms with van der Waals surface area (Å²) in [5.41, 5.74) is 8.43. The predicted molar refractivity (Wildman–Crippen MR) is 136 cm³/mol. The summed E-state index contributed by atoms with van der Waals surface area (Å²) < 4.78 is 1.25. The molecule has 0 atom stereocenters. The van der Waals surface area contributed by atoms with Crippen LogP contribution in [0.5, 0.6) is 0 Å². The molecule has 2 fully saturated rings. The van der Waals surface area contributed by atoms with Crippen LogP contribution in [0.4, 0.5) is 0 Å². The van der Waals surface area contributed by atoms with Crippen molar-refractivity contribution in [3.05, 3.63) is 67.3 Å². The van der Waals surface area contributed by atoms with Gasteiger partial charge in [0.25, 0.3) is 5.70 Å².